The third-order valence-electron chi connectivity index (χ3n) is 5.37. The van der Waals surface area contributed by atoms with Crippen molar-refractivity contribution in [2.75, 3.05) is 46.4 Å². The maximum absolute atomic E-state index is 13.2. The van der Waals surface area contributed by atoms with Crippen molar-refractivity contribution in [2.24, 2.45) is 4.99 Å². The van der Waals surface area contributed by atoms with Gasteiger partial charge in [-0.2, -0.15) is 0 Å². The SMILES string of the molecule is CN=C(NCC(c1cccs1)N1CCOCC1)NCC(C)(C)c1ccc(F)cc1. The number of aliphatic imine (C=N–C) groups is 1. The van der Waals surface area contributed by atoms with E-state index in [0.717, 1.165) is 44.4 Å². The Kier molecular flexibility index (Phi) is 7.64. The summed E-state index contributed by atoms with van der Waals surface area (Å²) in [5, 5.41) is 9.05. The summed E-state index contributed by atoms with van der Waals surface area (Å²) in [6.07, 6.45) is 0. The van der Waals surface area contributed by atoms with Crippen LogP contribution in [0.4, 0.5) is 4.39 Å². The summed E-state index contributed by atoms with van der Waals surface area (Å²) < 4.78 is 18.8. The zero-order valence-electron chi connectivity index (χ0n) is 17.5. The van der Waals surface area contributed by atoms with Gasteiger partial charge in [-0.3, -0.25) is 9.89 Å². The molecule has 158 valence electrons. The van der Waals surface area contributed by atoms with Crippen molar-refractivity contribution in [2.45, 2.75) is 25.3 Å². The van der Waals surface area contributed by atoms with Crippen molar-refractivity contribution in [1.82, 2.24) is 15.5 Å². The van der Waals surface area contributed by atoms with Gasteiger partial charge in [-0.15, -0.1) is 11.3 Å². The molecule has 0 radical (unpaired) electrons. The molecule has 3 rings (SSSR count). The highest BCUT2D eigenvalue weighted by Crippen LogP contribution is 2.25. The molecule has 5 nitrogen and oxygen atoms in total. The fourth-order valence-electron chi connectivity index (χ4n) is 3.50. The van der Waals surface area contributed by atoms with E-state index in [1.165, 1.54) is 17.0 Å². The lowest BCUT2D eigenvalue weighted by atomic mass is 9.84. The van der Waals surface area contributed by atoms with Crippen molar-refractivity contribution in [3.63, 3.8) is 0 Å². The maximum Gasteiger partial charge on any atom is 0.191 e. The lowest BCUT2D eigenvalue weighted by molar-refractivity contribution is 0.0177. The minimum absolute atomic E-state index is 0.150. The number of halogens is 1. The Hall–Kier alpha value is -1.96. The van der Waals surface area contributed by atoms with Crippen LogP contribution in [0.25, 0.3) is 0 Å². The van der Waals surface area contributed by atoms with Crippen LogP contribution in [-0.4, -0.2) is 57.3 Å². The van der Waals surface area contributed by atoms with Gasteiger partial charge in [0.2, 0.25) is 0 Å². The lowest BCUT2D eigenvalue weighted by Gasteiger charge is -2.34. The Balaban J connectivity index is 1.59. The first kappa shape index (κ1) is 21.7. The highest BCUT2D eigenvalue weighted by atomic mass is 32.1. The molecular weight excluding hydrogens is 387 g/mol. The quantitative estimate of drug-likeness (QED) is 0.535. The van der Waals surface area contributed by atoms with Gasteiger partial charge in [0.25, 0.3) is 0 Å². The predicted molar refractivity (Wildman–Crippen MR) is 118 cm³/mol. The third-order valence-corrected chi connectivity index (χ3v) is 6.34. The van der Waals surface area contributed by atoms with Gasteiger partial charge in [0, 0.05) is 43.5 Å². The molecule has 1 aliphatic rings. The number of nitrogens with zero attached hydrogens (tertiary/aromatic N) is 2. The average molecular weight is 419 g/mol. The first-order chi connectivity index (χ1) is 14.0. The summed E-state index contributed by atoms with van der Waals surface area (Å²) >= 11 is 1.79. The molecule has 0 spiro atoms. The molecule has 7 heteroatoms. The van der Waals surface area contributed by atoms with Crippen LogP contribution in [0.15, 0.2) is 46.8 Å². The second-order valence-corrected chi connectivity index (χ2v) is 8.86. The van der Waals surface area contributed by atoms with Crippen LogP contribution in [0.3, 0.4) is 0 Å². The normalized spacial score (nSPS) is 17.2. The van der Waals surface area contributed by atoms with Crippen molar-refractivity contribution in [3.05, 3.63) is 58.0 Å². The van der Waals surface area contributed by atoms with Crippen molar-refractivity contribution in [1.29, 1.82) is 0 Å². The van der Waals surface area contributed by atoms with Gasteiger partial charge in [0.1, 0.15) is 5.82 Å². The minimum atomic E-state index is -0.210. The van der Waals surface area contributed by atoms with E-state index in [1.54, 1.807) is 18.4 Å². The van der Waals surface area contributed by atoms with Crippen LogP contribution in [-0.2, 0) is 10.2 Å². The molecule has 2 aromatic rings. The van der Waals surface area contributed by atoms with Crippen LogP contribution in [0.1, 0.15) is 30.3 Å². The predicted octanol–water partition coefficient (Wildman–Crippen LogP) is 3.40. The summed E-state index contributed by atoms with van der Waals surface area (Å²) in [5.41, 5.74) is 0.939. The van der Waals surface area contributed by atoms with Gasteiger partial charge in [0.05, 0.1) is 19.3 Å². The fourth-order valence-corrected chi connectivity index (χ4v) is 4.36. The second-order valence-electron chi connectivity index (χ2n) is 7.88. The number of hydrogen-bond donors (Lipinski definition) is 2. The second kappa shape index (κ2) is 10.2. The van der Waals surface area contributed by atoms with E-state index < -0.39 is 0 Å². The molecule has 1 aromatic heterocycles. The van der Waals surface area contributed by atoms with E-state index in [-0.39, 0.29) is 11.2 Å². The molecule has 2 N–H and O–H groups in total. The lowest BCUT2D eigenvalue weighted by Crippen LogP contribution is -2.48. The molecule has 29 heavy (non-hydrogen) atoms. The van der Waals surface area contributed by atoms with E-state index >= 15 is 0 Å². The van der Waals surface area contributed by atoms with Crippen LogP contribution in [0.5, 0.6) is 0 Å². The average Bonchev–Trinajstić information content (AvgIpc) is 3.26. The van der Waals surface area contributed by atoms with Crippen molar-refractivity contribution in [3.8, 4) is 0 Å². The summed E-state index contributed by atoms with van der Waals surface area (Å²) in [4.78, 5) is 8.21. The largest absolute Gasteiger partial charge is 0.379 e. The van der Waals surface area contributed by atoms with Crippen LogP contribution >= 0.6 is 11.3 Å². The number of benzene rings is 1. The Bertz CT molecular complexity index is 771. The van der Waals surface area contributed by atoms with Gasteiger partial charge in [-0.25, -0.2) is 4.39 Å². The first-order valence-electron chi connectivity index (χ1n) is 10.1. The maximum atomic E-state index is 13.2. The number of hydrogen-bond acceptors (Lipinski definition) is 4. The Morgan fingerprint density at radius 1 is 1.21 bits per heavy atom. The van der Waals surface area contributed by atoms with Gasteiger partial charge in [-0.1, -0.05) is 32.0 Å². The third kappa shape index (κ3) is 6.01. The van der Waals surface area contributed by atoms with E-state index in [9.17, 15) is 4.39 Å². The van der Waals surface area contributed by atoms with Gasteiger partial charge < -0.3 is 15.4 Å². The molecule has 1 saturated heterocycles. The molecule has 2 heterocycles. The summed E-state index contributed by atoms with van der Waals surface area (Å²) in [5.74, 6) is 0.563. The fraction of sp³-hybridized carbons (Fsp3) is 0.500. The molecule has 1 fully saturated rings. The zero-order chi connectivity index (χ0) is 20.7. The minimum Gasteiger partial charge on any atom is -0.379 e. The number of guanidine groups is 1. The standard InChI is InChI=1S/C22H31FN4OS/c1-22(2,17-6-8-18(23)9-7-17)16-26-21(24-3)25-15-19(20-5-4-14-29-20)27-10-12-28-13-11-27/h4-9,14,19H,10-13,15-16H2,1-3H3,(H2,24,25,26). The summed E-state index contributed by atoms with van der Waals surface area (Å²) in [6.45, 7) is 9.19. The zero-order valence-corrected chi connectivity index (χ0v) is 18.3. The molecule has 1 atom stereocenters. The Morgan fingerprint density at radius 2 is 1.93 bits per heavy atom. The van der Waals surface area contributed by atoms with Gasteiger partial charge in [0.15, 0.2) is 5.96 Å². The van der Waals surface area contributed by atoms with Crippen LogP contribution in [0.2, 0.25) is 0 Å². The smallest absolute Gasteiger partial charge is 0.191 e. The van der Waals surface area contributed by atoms with E-state index in [1.807, 2.05) is 12.1 Å². The highest BCUT2D eigenvalue weighted by Gasteiger charge is 2.24. The number of thiophene rings is 1. The molecule has 0 aliphatic carbocycles. The first-order valence-corrected chi connectivity index (χ1v) is 10.9. The van der Waals surface area contributed by atoms with Gasteiger partial charge in [-0.05, 0) is 29.1 Å². The molecular formula is C22H31FN4OS. The molecule has 0 saturated carbocycles. The number of nitrogens with one attached hydrogen (secondary N) is 2. The number of ether oxygens (including phenoxy) is 1. The summed E-state index contributed by atoms with van der Waals surface area (Å²) in [7, 11) is 1.79. The number of morpholine rings is 1. The Morgan fingerprint density at radius 3 is 2.55 bits per heavy atom. The van der Waals surface area contributed by atoms with Gasteiger partial charge >= 0.3 is 0 Å². The monoisotopic (exact) mass is 418 g/mol. The van der Waals surface area contributed by atoms with E-state index in [2.05, 4.69) is 51.9 Å². The molecule has 1 aromatic carbocycles. The molecule has 0 amide bonds. The van der Waals surface area contributed by atoms with Crippen molar-refractivity contribution >= 4 is 17.3 Å². The van der Waals surface area contributed by atoms with E-state index in [4.69, 9.17) is 4.74 Å². The van der Waals surface area contributed by atoms with Crippen LogP contribution in [0, 0.1) is 5.82 Å². The van der Waals surface area contributed by atoms with Crippen LogP contribution < -0.4 is 10.6 Å². The topological polar surface area (TPSA) is 48.9 Å². The number of rotatable bonds is 7. The van der Waals surface area contributed by atoms with E-state index in [0.29, 0.717) is 12.6 Å². The summed E-state index contributed by atoms with van der Waals surface area (Å²) in [6, 6.07) is 11.3. The molecule has 1 unspecified atom stereocenters. The van der Waals surface area contributed by atoms with Crippen molar-refractivity contribution < 1.29 is 9.13 Å². The molecule has 1 aliphatic heterocycles. The molecule has 0 bridgehead atoms. The Labute approximate surface area is 177 Å². The highest BCUT2D eigenvalue weighted by molar-refractivity contribution is 7.10.